The average molecular weight is 282 g/mol. The van der Waals surface area contributed by atoms with Crippen LogP contribution in [0.5, 0.6) is 0 Å². The summed E-state index contributed by atoms with van der Waals surface area (Å²) in [6.45, 7) is 6.01. The molecule has 1 aliphatic heterocycles. The van der Waals surface area contributed by atoms with Crippen molar-refractivity contribution in [1.29, 1.82) is 0 Å². The van der Waals surface area contributed by atoms with Crippen LogP contribution in [0.4, 0.5) is 0 Å². The zero-order chi connectivity index (χ0) is 14.4. The highest BCUT2D eigenvalue weighted by Gasteiger charge is 2.31. The second-order valence-electron chi connectivity index (χ2n) is 6.64. The Labute approximate surface area is 122 Å². The third-order valence-corrected chi connectivity index (χ3v) is 4.84. The summed E-state index contributed by atoms with van der Waals surface area (Å²) < 4.78 is 0. The van der Waals surface area contributed by atoms with E-state index in [2.05, 4.69) is 17.1 Å². The zero-order valence-corrected chi connectivity index (χ0v) is 12.8. The number of likely N-dealkylation sites (tertiary alicyclic amines) is 1. The van der Waals surface area contributed by atoms with Gasteiger partial charge in [-0.25, -0.2) is 0 Å². The van der Waals surface area contributed by atoms with E-state index in [1.165, 1.54) is 32.1 Å². The first-order chi connectivity index (χ1) is 9.69. The molecule has 1 saturated heterocycles. The second-order valence-corrected chi connectivity index (χ2v) is 6.64. The van der Waals surface area contributed by atoms with Crippen LogP contribution < -0.4 is 5.32 Å². The molecule has 4 heteroatoms. The number of piperidine rings is 1. The van der Waals surface area contributed by atoms with Gasteiger partial charge in [-0.15, -0.1) is 0 Å². The summed E-state index contributed by atoms with van der Waals surface area (Å²) >= 11 is 0. The summed E-state index contributed by atoms with van der Waals surface area (Å²) in [7, 11) is 0. The molecule has 2 unspecified atom stereocenters. The van der Waals surface area contributed by atoms with Gasteiger partial charge in [0.15, 0.2) is 0 Å². The Bertz CT molecular complexity index is 303. The van der Waals surface area contributed by atoms with Crippen LogP contribution in [0.1, 0.15) is 51.9 Å². The van der Waals surface area contributed by atoms with E-state index in [1.807, 2.05) is 0 Å². The van der Waals surface area contributed by atoms with Crippen LogP contribution in [0.3, 0.4) is 0 Å². The lowest BCUT2D eigenvalue weighted by Crippen LogP contribution is -2.51. The van der Waals surface area contributed by atoms with E-state index in [-0.39, 0.29) is 5.92 Å². The maximum atomic E-state index is 11.3. The van der Waals surface area contributed by atoms with Crippen molar-refractivity contribution in [2.24, 2.45) is 11.8 Å². The standard InChI is InChI=1S/C16H30N2O2/c1-2-8-18-11-14(16(19)20)9-15(12-18)17-10-13-6-4-3-5-7-13/h13-15,17H,2-12H2,1H3,(H,19,20). The Hall–Kier alpha value is -0.610. The molecule has 4 nitrogen and oxygen atoms in total. The summed E-state index contributed by atoms with van der Waals surface area (Å²) in [6.07, 6.45) is 8.73. The first kappa shape index (κ1) is 15.8. The molecule has 20 heavy (non-hydrogen) atoms. The number of carboxylic acids is 1. The molecule has 2 N–H and O–H groups in total. The quantitative estimate of drug-likeness (QED) is 0.785. The van der Waals surface area contributed by atoms with Gasteiger partial charge in [0.25, 0.3) is 0 Å². The predicted octanol–water partition coefficient (Wildman–Crippen LogP) is 2.34. The molecule has 2 rings (SSSR count). The third kappa shape index (κ3) is 4.74. The van der Waals surface area contributed by atoms with Crippen LogP contribution in [0, 0.1) is 11.8 Å². The number of aliphatic carboxylic acids is 1. The Morgan fingerprint density at radius 1 is 1.25 bits per heavy atom. The molecule has 1 heterocycles. The first-order valence-electron chi connectivity index (χ1n) is 8.37. The SMILES string of the molecule is CCCN1CC(NCC2CCCCC2)CC(C(=O)O)C1. The van der Waals surface area contributed by atoms with Gasteiger partial charge in [0, 0.05) is 19.1 Å². The molecule has 2 atom stereocenters. The number of nitrogens with one attached hydrogen (secondary N) is 1. The van der Waals surface area contributed by atoms with Crippen molar-refractivity contribution < 1.29 is 9.90 Å². The van der Waals surface area contributed by atoms with Crippen LogP contribution in [0.2, 0.25) is 0 Å². The van der Waals surface area contributed by atoms with Gasteiger partial charge >= 0.3 is 5.97 Å². The minimum Gasteiger partial charge on any atom is -0.481 e. The van der Waals surface area contributed by atoms with E-state index < -0.39 is 5.97 Å². The van der Waals surface area contributed by atoms with E-state index in [4.69, 9.17) is 0 Å². The van der Waals surface area contributed by atoms with Crippen LogP contribution in [-0.4, -0.2) is 48.2 Å². The molecular weight excluding hydrogens is 252 g/mol. The average Bonchev–Trinajstić information content (AvgIpc) is 2.46. The van der Waals surface area contributed by atoms with Gasteiger partial charge in [0.2, 0.25) is 0 Å². The summed E-state index contributed by atoms with van der Waals surface area (Å²) in [5, 5.41) is 13.0. The van der Waals surface area contributed by atoms with Crippen molar-refractivity contribution in [2.45, 2.75) is 57.9 Å². The number of carboxylic acid groups (broad SMARTS) is 1. The maximum absolute atomic E-state index is 11.3. The third-order valence-electron chi connectivity index (χ3n) is 4.84. The van der Waals surface area contributed by atoms with Crippen molar-refractivity contribution in [2.75, 3.05) is 26.2 Å². The lowest BCUT2D eigenvalue weighted by Gasteiger charge is -2.37. The van der Waals surface area contributed by atoms with Crippen molar-refractivity contribution in [3.63, 3.8) is 0 Å². The molecule has 0 aromatic rings. The molecule has 0 spiro atoms. The molecule has 2 fully saturated rings. The van der Waals surface area contributed by atoms with Crippen LogP contribution in [0.15, 0.2) is 0 Å². The predicted molar refractivity (Wildman–Crippen MR) is 80.8 cm³/mol. The van der Waals surface area contributed by atoms with Gasteiger partial charge in [-0.3, -0.25) is 4.79 Å². The van der Waals surface area contributed by atoms with Gasteiger partial charge in [0.1, 0.15) is 0 Å². The minimum absolute atomic E-state index is 0.195. The van der Waals surface area contributed by atoms with E-state index in [0.29, 0.717) is 6.04 Å². The number of nitrogens with zero attached hydrogens (tertiary/aromatic N) is 1. The molecule has 0 radical (unpaired) electrons. The van der Waals surface area contributed by atoms with E-state index in [0.717, 1.165) is 44.9 Å². The fourth-order valence-corrected chi connectivity index (χ4v) is 3.74. The van der Waals surface area contributed by atoms with Crippen molar-refractivity contribution in [1.82, 2.24) is 10.2 Å². The van der Waals surface area contributed by atoms with Gasteiger partial charge < -0.3 is 15.3 Å². The minimum atomic E-state index is -0.629. The largest absolute Gasteiger partial charge is 0.481 e. The molecule has 0 bridgehead atoms. The lowest BCUT2D eigenvalue weighted by molar-refractivity contribution is -0.144. The molecule has 116 valence electrons. The van der Waals surface area contributed by atoms with Gasteiger partial charge in [0.05, 0.1) is 5.92 Å². The summed E-state index contributed by atoms with van der Waals surface area (Å²) in [5.41, 5.74) is 0. The van der Waals surface area contributed by atoms with Gasteiger partial charge in [-0.1, -0.05) is 26.2 Å². The van der Waals surface area contributed by atoms with Crippen molar-refractivity contribution >= 4 is 5.97 Å². The van der Waals surface area contributed by atoms with Crippen LogP contribution in [-0.2, 0) is 4.79 Å². The van der Waals surface area contributed by atoms with Gasteiger partial charge in [-0.05, 0) is 44.7 Å². The summed E-state index contributed by atoms with van der Waals surface area (Å²) in [6, 6.07) is 0.360. The molecule has 1 aliphatic carbocycles. The summed E-state index contributed by atoms with van der Waals surface area (Å²) in [4.78, 5) is 13.6. The first-order valence-corrected chi connectivity index (χ1v) is 8.37. The smallest absolute Gasteiger partial charge is 0.307 e. The highest BCUT2D eigenvalue weighted by Crippen LogP contribution is 2.24. The van der Waals surface area contributed by atoms with E-state index in [9.17, 15) is 9.90 Å². The fraction of sp³-hybridized carbons (Fsp3) is 0.938. The van der Waals surface area contributed by atoms with Crippen molar-refractivity contribution in [3.8, 4) is 0 Å². The Morgan fingerprint density at radius 2 is 2.00 bits per heavy atom. The lowest BCUT2D eigenvalue weighted by atomic mass is 9.88. The monoisotopic (exact) mass is 282 g/mol. The van der Waals surface area contributed by atoms with E-state index >= 15 is 0 Å². The molecule has 0 amide bonds. The number of hydrogen-bond acceptors (Lipinski definition) is 3. The number of carbonyl (C=O) groups is 1. The summed E-state index contributed by atoms with van der Waals surface area (Å²) in [5.74, 6) is -0.0111. The Morgan fingerprint density at radius 3 is 2.65 bits per heavy atom. The van der Waals surface area contributed by atoms with Gasteiger partial charge in [-0.2, -0.15) is 0 Å². The number of hydrogen-bond donors (Lipinski definition) is 2. The Balaban J connectivity index is 1.80. The molecule has 0 aromatic carbocycles. The molecule has 2 aliphatic rings. The normalized spacial score (nSPS) is 29.4. The topological polar surface area (TPSA) is 52.6 Å². The zero-order valence-electron chi connectivity index (χ0n) is 12.8. The van der Waals surface area contributed by atoms with Crippen LogP contribution >= 0.6 is 0 Å². The second kappa shape index (κ2) is 7.99. The van der Waals surface area contributed by atoms with Crippen LogP contribution in [0.25, 0.3) is 0 Å². The fourth-order valence-electron chi connectivity index (χ4n) is 3.74. The van der Waals surface area contributed by atoms with E-state index in [1.54, 1.807) is 0 Å². The molecule has 0 aromatic heterocycles. The Kier molecular flexibility index (Phi) is 6.30. The molecular formula is C16H30N2O2. The molecule has 1 saturated carbocycles. The highest BCUT2D eigenvalue weighted by molar-refractivity contribution is 5.70. The number of rotatable bonds is 6. The van der Waals surface area contributed by atoms with Crippen molar-refractivity contribution in [3.05, 3.63) is 0 Å². The highest BCUT2D eigenvalue weighted by atomic mass is 16.4. The maximum Gasteiger partial charge on any atom is 0.307 e.